The molecule has 1 N–H and O–H groups in total. The zero-order valence-corrected chi connectivity index (χ0v) is 20.5. The van der Waals surface area contributed by atoms with Crippen LogP contribution in [0.5, 0.6) is 5.75 Å². The third-order valence-corrected chi connectivity index (χ3v) is 6.73. The van der Waals surface area contributed by atoms with Gasteiger partial charge in [0.05, 0.1) is 25.0 Å². The molecule has 8 heteroatoms. The van der Waals surface area contributed by atoms with Gasteiger partial charge in [-0.05, 0) is 43.2 Å². The van der Waals surface area contributed by atoms with Crippen LogP contribution in [0.25, 0.3) is 5.76 Å². The Morgan fingerprint density at radius 1 is 1.06 bits per heavy atom. The summed E-state index contributed by atoms with van der Waals surface area (Å²) in [7, 11) is 3.03. The number of carbonyl (C=O) groups excluding carboxylic acids is 3. The van der Waals surface area contributed by atoms with E-state index < -0.39 is 28.9 Å². The van der Waals surface area contributed by atoms with Crippen molar-refractivity contribution in [2.45, 2.75) is 32.2 Å². The van der Waals surface area contributed by atoms with Crippen molar-refractivity contribution in [2.24, 2.45) is 0 Å². The number of Topliss-reactive ketones (excluding diaryl/α,β-unsaturated/α-hetero) is 1. The van der Waals surface area contributed by atoms with Gasteiger partial charge in [-0.1, -0.05) is 31.5 Å². The predicted octanol–water partition coefficient (Wildman–Crippen LogP) is 3.37. The van der Waals surface area contributed by atoms with E-state index in [2.05, 4.69) is 0 Å². The molecule has 4 rings (SSSR count). The van der Waals surface area contributed by atoms with E-state index >= 15 is 0 Å². The van der Waals surface area contributed by atoms with Gasteiger partial charge in [0.2, 0.25) is 0 Å². The number of fused-ring (bicyclic) bond motifs is 2. The average molecular weight is 479 g/mol. The first-order valence-electron chi connectivity index (χ1n) is 11.7. The molecule has 2 aliphatic heterocycles. The minimum Gasteiger partial charge on any atom is -0.507 e. The van der Waals surface area contributed by atoms with Crippen molar-refractivity contribution in [1.29, 1.82) is 0 Å². The molecule has 35 heavy (non-hydrogen) atoms. The van der Waals surface area contributed by atoms with Crippen LogP contribution in [0, 0.1) is 6.92 Å². The molecule has 2 amide bonds. The highest BCUT2D eigenvalue weighted by Gasteiger charge is 2.66. The topological polar surface area (TPSA) is 96.4 Å². The van der Waals surface area contributed by atoms with Gasteiger partial charge >= 0.3 is 0 Å². The van der Waals surface area contributed by atoms with E-state index in [1.54, 1.807) is 42.3 Å². The normalized spacial score (nSPS) is 20.7. The van der Waals surface area contributed by atoms with E-state index in [-0.39, 0.29) is 18.7 Å². The second-order valence-corrected chi connectivity index (χ2v) is 8.72. The number of methoxy groups -OCH3 is 2. The fraction of sp³-hybridized carbons (Fsp3) is 0.370. The van der Waals surface area contributed by atoms with Gasteiger partial charge in [-0.2, -0.15) is 0 Å². The summed E-state index contributed by atoms with van der Waals surface area (Å²) in [6, 6.07) is 12.1. The number of rotatable bonds is 8. The number of benzene rings is 2. The van der Waals surface area contributed by atoms with E-state index in [4.69, 9.17) is 9.47 Å². The maximum atomic E-state index is 14.2. The van der Waals surface area contributed by atoms with Crippen LogP contribution in [0.4, 0.5) is 5.69 Å². The molecule has 2 aromatic rings. The number of aryl methyl sites for hydroxylation is 1. The molecular weight excluding hydrogens is 448 g/mol. The molecule has 0 unspecified atom stereocenters. The number of ether oxygens (including phenoxy) is 2. The van der Waals surface area contributed by atoms with E-state index in [1.807, 2.05) is 26.0 Å². The van der Waals surface area contributed by atoms with E-state index in [9.17, 15) is 19.5 Å². The Labute approximate surface area is 204 Å². The molecule has 0 aromatic heterocycles. The summed E-state index contributed by atoms with van der Waals surface area (Å²) in [5.41, 5.74) is 0.205. The van der Waals surface area contributed by atoms with Crippen molar-refractivity contribution in [2.75, 3.05) is 38.8 Å². The molecule has 1 spiro atoms. The summed E-state index contributed by atoms with van der Waals surface area (Å²) in [6.07, 6.45) is 1.61. The standard InChI is InChI=1S/C27H30N2O6/c1-5-6-13-28-20-10-8-7-9-19(20)27(26(28)33)22(24(31)25(32)29(27)14-15-34-3)23(30)18-11-12-21(35-4)17(2)16-18/h7-12,16,30H,5-6,13-15H2,1-4H3/t27-/m1/s1. The molecule has 0 bridgehead atoms. The van der Waals surface area contributed by atoms with Gasteiger partial charge in [0, 0.05) is 31.3 Å². The zero-order chi connectivity index (χ0) is 25.3. The van der Waals surface area contributed by atoms with Crippen LogP contribution in [0.15, 0.2) is 48.0 Å². The molecule has 2 aromatic carbocycles. The van der Waals surface area contributed by atoms with Crippen LogP contribution in [-0.2, 0) is 24.7 Å². The van der Waals surface area contributed by atoms with Crippen molar-refractivity contribution >= 4 is 29.0 Å². The highest BCUT2D eigenvalue weighted by molar-refractivity contribution is 6.50. The first-order valence-corrected chi connectivity index (χ1v) is 11.7. The van der Waals surface area contributed by atoms with Gasteiger partial charge in [-0.3, -0.25) is 14.4 Å². The van der Waals surface area contributed by atoms with E-state index in [1.165, 1.54) is 12.0 Å². The summed E-state index contributed by atoms with van der Waals surface area (Å²) in [5.74, 6) is -1.93. The molecule has 1 saturated heterocycles. The van der Waals surface area contributed by atoms with Gasteiger partial charge in [0.15, 0.2) is 5.54 Å². The van der Waals surface area contributed by atoms with E-state index in [0.29, 0.717) is 29.1 Å². The summed E-state index contributed by atoms with van der Waals surface area (Å²) < 4.78 is 10.5. The third kappa shape index (κ3) is 3.60. The Kier molecular flexibility index (Phi) is 6.67. The Morgan fingerprint density at radius 3 is 2.46 bits per heavy atom. The van der Waals surface area contributed by atoms with Gasteiger partial charge in [-0.25, -0.2) is 0 Å². The Morgan fingerprint density at radius 2 is 1.80 bits per heavy atom. The quantitative estimate of drug-likeness (QED) is 0.355. The second kappa shape index (κ2) is 9.54. The predicted molar refractivity (Wildman–Crippen MR) is 131 cm³/mol. The Balaban J connectivity index is 2.02. The smallest absolute Gasteiger partial charge is 0.296 e. The van der Waals surface area contributed by atoms with E-state index in [0.717, 1.165) is 18.4 Å². The minimum atomic E-state index is -1.77. The van der Waals surface area contributed by atoms with Crippen molar-refractivity contribution in [1.82, 2.24) is 4.90 Å². The monoisotopic (exact) mass is 478 g/mol. The third-order valence-electron chi connectivity index (χ3n) is 6.73. The lowest BCUT2D eigenvalue weighted by molar-refractivity contribution is -0.144. The maximum absolute atomic E-state index is 14.2. The van der Waals surface area contributed by atoms with Crippen LogP contribution in [0.3, 0.4) is 0 Å². The first-order chi connectivity index (χ1) is 16.8. The fourth-order valence-electron chi connectivity index (χ4n) is 5.06. The maximum Gasteiger partial charge on any atom is 0.296 e. The van der Waals surface area contributed by atoms with Crippen LogP contribution >= 0.6 is 0 Å². The lowest BCUT2D eigenvalue weighted by atomic mass is 9.81. The van der Waals surface area contributed by atoms with Gasteiger partial charge in [0.25, 0.3) is 17.6 Å². The van der Waals surface area contributed by atoms with Gasteiger partial charge < -0.3 is 24.4 Å². The number of para-hydroxylation sites is 1. The Hall–Kier alpha value is -3.65. The highest BCUT2D eigenvalue weighted by atomic mass is 16.5. The second-order valence-electron chi connectivity index (χ2n) is 8.72. The molecular formula is C27H30N2O6. The number of unbranched alkanes of at least 4 members (excludes halogenated alkanes) is 1. The fourth-order valence-corrected chi connectivity index (χ4v) is 5.06. The van der Waals surface area contributed by atoms with Crippen molar-refractivity contribution in [3.63, 3.8) is 0 Å². The number of amides is 2. The van der Waals surface area contributed by atoms with Crippen LogP contribution in [-0.4, -0.2) is 61.5 Å². The highest BCUT2D eigenvalue weighted by Crippen LogP contribution is 2.53. The number of carbonyl (C=O) groups is 3. The SMILES string of the molecule is CCCCN1C(=O)[C@]2(C(=C(O)c3ccc(OC)c(C)c3)C(=O)C(=O)N2CCOC)c2ccccc21. The van der Waals surface area contributed by atoms with Crippen LogP contribution in [0.1, 0.15) is 36.5 Å². The van der Waals surface area contributed by atoms with Gasteiger partial charge in [-0.15, -0.1) is 0 Å². The first kappa shape index (κ1) is 24.5. The van der Waals surface area contributed by atoms with Crippen molar-refractivity contribution in [3.05, 3.63) is 64.7 Å². The minimum absolute atomic E-state index is 0.0151. The number of hydrogen-bond acceptors (Lipinski definition) is 6. The number of anilines is 1. The number of ketones is 1. The zero-order valence-electron chi connectivity index (χ0n) is 20.5. The number of hydrogen-bond donors (Lipinski definition) is 1. The molecule has 0 saturated carbocycles. The molecule has 0 radical (unpaired) electrons. The molecule has 2 aliphatic rings. The summed E-state index contributed by atoms with van der Waals surface area (Å²) >= 11 is 0. The summed E-state index contributed by atoms with van der Waals surface area (Å²) in [4.78, 5) is 44.0. The van der Waals surface area contributed by atoms with Crippen LogP contribution < -0.4 is 9.64 Å². The lowest BCUT2D eigenvalue weighted by Crippen LogP contribution is -2.52. The molecule has 2 heterocycles. The number of likely N-dealkylation sites (tertiary alicyclic amines) is 1. The van der Waals surface area contributed by atoms with Gasteiger partial charge in [0.1, 0.15) is 11.5 Å². The number of aliphatic hydroxyl groups excluding tert-OH is 1. The average Bonchev–Trinajstić information content (AvgIpc) is 3.23. The van der Waals surface area contributed by atoms with Crippen LogP contribution in [0.2, 0.25) is 0 Å². The number of aliphatic hydroxyl groups is 1. The largest absolute Gasteiger partial charge is 0.507 e. The molecule has 1 atom stereocenters. The molecule has 1 fully saturated rings. The molecule has 184 valence electrons. The summed E-state index contributed by atoms with van der Waals surface area (Å²) in [5, 5.41) is 11.5. The molecule has 8 nitrogen and oxygen atoms in total. The summed E-state index contributed by atoms with van der Waals surface area (Å²) in [6.45, 7) is 4.41. The van der Waals surface area contributed by atoms with Crippen molar-refractivity contribution in [3.8, 4) is 5.75 Å². The number of nitrogens with zero attached hydrogens (tertiary/aromatic N) is 2. The lowest BCUT2D eigenvalue weighted by Gasteiger charge is -2.34. The Bertz CT molecular complexity index is 1220. The molecule has 0 aliphatic carbocycles. The van der Waals surface area contributed by atoms with Crippen molar-refractivity contribution < 1.29 is 29.0 Å².